The van der Waals surface area contributed by atoms with Gasteiger partial charge in [-0.15, -0.1) is 5.10 Å². The lowest BCUT2D eigenvalue weighted by Gasteiger charge is -2.25. The Hall–Kier alpha value is -4.27. The van der Waals surface area contributed by atoms with Crippen LogP contribution in [0.15, 0.2) is 48.7 Å². The van der Waals surface area contributed by atoms with E-state index in [1.165, 1.54) is 0 Å². The van der Waals surface area contributed by atoms with Crippen molar-refractivity contribution in [3.05, 3.63) is 71.0 Å². The Kier molecular flexibility index (Phi) is 5.45. The molecule has 1 N–H and O–H groups in total. The number of carbonyl (C=O) groups is 1. The van der Waals surface area contributed by atoms with E-state index < -0.39 is 0 Å². The lowest BCUT2D eigenvalue weighted by Crippen LogP contribution is -2.25. The quantitative estimate of drug-likeness (QED) is 0.487. The summed E-state index contributed by atoms with van der Waals surface area (Å²) in [4.78, 5) is 17.4. The molecule has 5 rings (SSSR count). The van der Waals surface area contributed by atoms with Crippen LogP contribution < -0.4 is 14.8 Å². The maximum absolute atomic E-state index is 12.8. The van der Waals surface area contributed by atoms with Crippen LogP contribution in [-0.2, 0) is 4.79 Å². The standard InChI is InChI=1S/C25H24N6O3/c1-14-5-7-16(8-6-14)20-13-26-29-25(27-20)31-24-23(15(2)30-31)19(12-22(32)28-24)18-10-9-17(33-3)11-21(18)34-4/h5-11,13,19H,12H2,1-4H3,(H,28,32)/t19-/m0/s1. The first kappa shape index (κ1) is 21.6. The van der Waals surface area contributed by atoms with E-state index in [0.29, 0.717) is 23.0 Å². The lowest BCUT2D eigenvalue weighted by atomic mass is 9.85. The number of hydrogen-bond acceptors (Lipinski definition) is 7. The zero-order valence-corrected chi connectivity index (χ0v) is 19.4. The molecular weight excluding hydrogens is 432 g/mol. The average molecular weight is 457 g/mol. The molecule has 172 valence electrons. The minimum Gasteiger partial charge on any atom is -0.497 e. The molecule has 0 spiro atoms. The molecule has 2 aromatic heterocycles. The van der Waals surface area contributed by atoms with E-state index in [0.717, 1.165) is 27.9 Å². The highest BCUT2D eigenvalue weighted by molar-refractivity contribution is 5.95. The molecule has 0 fully saturated rings. The van der Waals surface area contributed by atoms with Gasteiger partial charge in [-0.1, -0.05) is 35.9 Å². The smallest absolute Gasteiger partial charge is 0.272 e. The van der Waals surface area contributed by atoms with Crippen LogP contribution in [0.5, 0.6) is 11.5 Å². The van der Waals surface area contributed by atoms with Crippen molar-refractivity contribution in [1.29, 1.82) is 0 Å². The third-order valence-corrected chi connectivity index (χ3v) is 6.00. The van der Waals surface area contributed by atoms with Crippen molar-refractivity contribution in [3.63, 3.8) is 0 Å². The topological polar surface area (TPSA) is 104 Å². The lowest BCUT2D eigenvalue weighted by molar-refractivity contribution is -0.116. The van der Waals surface area contributed by atoms with Gasteiger partial charge in [-0.3, -0.25) is 4.79 Å². The number of methoxy groups -OCH3 is 2. The molecule has 0 unspecified atom stereocenters. The van der Waals surface area contributed by atoms with Crippen LogP contribution in [0.3, 0.4) is 0 Å². The third-order valence-electron chi connectivity index (χ3n) is 6.00. The number of fused-ring (bicyclic) bond motifs is 1. The Bertz CT molecular complexity index is 1380. The summed E-state index contributed by atoms with van der Waals surface area (Å²) in [6.07, 6.45) is 1.88. The van der Waals surface area contributed by atoms with Gasteiger partial charge in [0.05, 0.1) is 31.8 Å². The first-order valence-corrected chi connectivity index (χ1v) is 10.9. The Balaban J connectivity index is 1.61. The van der Waals surface area contributed by atoms with Crippen LogP contribution in [0.2, 0.25) is 0 Å². The summed E-state index contributed by atoms with van der Waals surface area (Å²) in [5, 5.41) is 16.0. The van der Waals surface area contributed by atoms with Gasteiger partial charge >= 0.3 is 0 Å². The summed E-state index contributed by atoms with van der Waals surface area (Å²) in [6, 6.07) is 13.6. The van der Waals surface area contributed by atoms with Gasteiger partial charge in [0, 0.05) is 35.1 Å². The molecule has 9 heteroatoms. The number of ether oxygens (including phenoxy) is 2. The van der Waals surface area contributed by atoms with Gasteiger partial charge in [-0.25, -0.2) is 4.98 Å². The summed E-state index contributed by atoms with van der Waals surface area (Å²) in [5.41, 5.74) is 5.29. The average Bonchev–Trinajstić information content (AvgIpc) is 3.19. The van der Waals surface area contributed by atoms with E-state index in [1.807, 2.05) is 56.3 Å². The number of nitrogens with zero attached hydrogens (tertiary/aromatic N) is 5. The molecule has 0 aliphatic carbocycles. The molecule has 1 aliphatic rings. The van der Waals surface area contributed by atoms with Crippen molar-refractivity contribution in [1.82, 2.24) is 25.0 Å². The normalized spacial score (nSPS) is 14.9. The second-order valence-corrected chi connectivity index (χ2v) is 8.18. The fraction of sp³-hybridized carbons (Fsp3) is 0.240. The molecule has 34 heavy (non-hydrogen) atoms. The minimum atomic E-state index is -0.244. The van der Waals surface area contributed by atoms with Gasteiger partial charge in [0.2, 0.25) is 5.91 Å². The van der Waals surface area contributed by atoms with Crippen LogP contribution in [0.1, 0.15) is 34.7 Å². The van der Waals surface area contributed by atoms with E-state index in [-0.39, 0.29) is 24.2 Å². The number of benzene rings is 2. The number of rotatable bonds is 5. The van der Waals surface area contributed by atoms with Crippen LogP contribution in [0.25, 0.3) is 17.2 Å². The van der Waals surface area contributed by atoms with Gasteiger partial charge in [0.15, 0.2) is 0 Å². The second-order valence-electron chi connectivity index (χ2n) is 8.18. The fourth-order valence-electron chi connectivity index (χ4n) is 4.31. The molecule has 0 bridgehead atoms. The molecule has 9 nitrogen and oxygen atoms in total. The number of hydrogen-bond donors (Lipinski definition) is 1. The SMILES string of the molecule is COc1ccc([C@@H]2CC(=O)Nc3c2c(C)nn3-c2nncc(-c3ccc(C)cc3)n2)c(OC)c1. The van der Waals surface area contributed by atoms with Crippen LogP contribution in [0, 0.1) is 13.8 Å². The number of nitrogens with one attached hydrogen (secondary N) is 1. The van der Waals surface area contributed by atoms with E-state index in [4.69, 9.17) is 9.47 Å². The maximum atomic E-state index is 12.8. The maximum Gasteiger partial charge on any atom is 0.272 e. The number of amides is 1. The first-order chi connectivity index (χ1) is 16.5. The van der Waals surface area contributed by atoms with Crippen molar-refractivity contribution < 1.29 is 14.3 Å². The molecule has 1 aliphatic heterocycles. The van der Waals surface area contributed by atoms with Gasteiger partial charge in [0.1, 0.15) is 17.3 Å². The van der Waals surface area contributed by atoms with E-state index in [1.54, 1.807) is 25.1 Å². The summed E-state index contributed by atoms with van der Waals surface area (Å²) in [7, 11) is 3.21. The third kappa shape index (κ3) is 3.75. The second kappa shape index (κ2) is 8.58. The Labute approximate surface area is 196 Å². The highest BCUT2D eigenvalue weighted by atomic mass is 16.5. The zero-order valence-electron chi connectivity index (χ0n) is 19.4. The molecule has 0 saturated heterocycles. The fourth-order valence-corrected chi connectivity index (χ4v) is 4.31. The summed E-state index contributed by atoms with van der Waals surface area (Å²) in [5.74, 6) is 1.78. The summed E-state index contributed by atoms with van der Waals surface area (Å²) < 4.78 is 12.5. The van der Waals surface area contributed by atoms with Crippen molar-refractivity contribution >= 4 is 11.7 Å². The Morgan fingerprint density at radius 2 is 1.85 bits per heavy atom. The van der Waals surface area contributed by atoms with Crippen molar-refractivity contribution in [2.24, 2.45) is 0 Å². The number of anilines is 1. The van der Waals surface area contributed by atoms with E-state index >= 15 is 0 Å². The first-order valence-electron chi connectivity index (χ1n) is 10.9. The number of aromatic nitrogens is 5. The van der Waals surface area contributed by atoms with Gasteiger partial charge in [0.25, 0.3) is 5.95 Å². The molecule has 0 saturated carbocycles. The predicted molar refractivity (Wildman–Crippen MR) is 126 cm³/mol. The van der Waals surface area contributed by atoms with Crippen molar-refractivity contribution in [2.75, 3.05) is 19.5 Å². The number of carbonyl (C=O) groups excluding carboxylic acids is 1. The molecule has 1 amide bonds. The highest BCUT2D eigenvalue weighted by Crippen LogP contribution is 2.43. The van der Waals surface area contributed by atoms with Crippen LogP contribution in [0.4, 0.5) is 5.82 Å². The Morgan fingerprint density at radius 3 is 2.59 bits per heavy atom. The minimum absolute atomic E-state index is 0.126. The van der Waals surface area contributed by atoms with Gasteiger partial charge in [-0.05, 0) is 19.9 Å². The Morgan fingerprint density at radius 1 is 1.06 bits per heavy atom. The van der Waals surface area contributed by atoms with E-state index in [9.17, 15) is 4.79 Å². The van der Waals surface area contributed by atoms with Gasteiger partial charge in [-0.2, -0.15) is 14.9 Å². The molecule has 4 aromatic rings. The predicted octanol–water partition coefficient (Wildman–Crippen LogP) is 3.83. The molecular formula is C25H24N6O3. The molecule has 1 atom stereocenters. The van der Waals surface area contributed by atoms with Crippen LogP contribution >= 0.6 is 0 Å². The van der Waals surface area contributed by atoms with Crippen LogP contribution in [-0.4, -0.2) is 45.1 Å². The largest absolute Gasteiger partial charge is 0.497 e. The van der Waals surface area contributed by atoms with Gasteiger partial charge < -0.3 is 14.8 Å². The van der Waals surface area contributed by atoms with Crippen molar-refractivity contribution in [3.8, 4) is 28.7 Å². The molecule has 2 aromatic carbocycles. The molecule has 3 heterocycles. The van der Waals surface area contributed by atoms with E-state index in [2.05, 4.69) is 25.6 Å². The zero-order chi connectivity index (χ0) is 23.8. The number of aryl methyl sites for hydroxylation is 2. The highest BCUT2D eigenvalue weighted by Gasteiger charge is 2.35. The molecule has 0 radical (unpaired) electrons. The van der Waals surface area contributed by atoms with Crippen molar-refractivity contribution in [2.45, 2.75) is 26.2 Å². The summed E-state index contributed by atoms with van der Waals surface area (Å²) >= 11 is 0. The monoisotopic (exact) mass is 456 g/mol. The summed E-state index contributed by atoms with van der Waals surface area (Å²) in [6.45, 7) is 3.94.